The summed E-state index contributed by atoms with van der Waals surface area (Å²) in [5.41, 5.74) is 8.64. The average Bonchev–Trinajstić information content (AvgIpc) is 2.46. The second-order valence-corrected chi connectivity index (χ2v) is 5.56. The molecule has 0 heterocycles. The van der Waals surface area contributed by atoms with Gasteiger partial charge in [0.05, 0.1) is 7.11 Å². The summed E-state index contributed by atoms with van der Waals surface area (Å²) in [7, 11) is 1.33. The lowest BCUT2D eigenvalue weighted by Crippen LogP contribution is -2.33. The molecule has 0 unspecified atom stereocenters. The molecule has 0 saturated carbocycles. The first kappa shape index (κ1) is 15.8. The minimum Gasteiger partial charge on any atom is -0.468 e. The largest absolute Gasteiger partial charge is 0.468 e. The van der Waals surface area contributed by atoms with Crippen LogP contribution in [0.2, 0.25) is 10.0 Å². The van der Waals surface area contributed by atoms with Gasteiger partial charge in [0, 0.05) is 10.0 Å². The van der Waals surface area contributed by atoms with Crippen LogP contribution in [-0.4, -0.2) is 19.1 Å². The van der Waals surface area contributed by atoms with Crippen LogP contribution < -0.4 is 5.73 Å². The zero-order valence-corrected chi connectivity index (χ0v) is 13.0. The molecule has 1 atom stereocenters. The van der Waals surface area contributed by atoms with Crippen molar-refractivity contribution in [1.29, 1.82) is 0 Å². The number of nitrogens with two attached hydrogens (primary N) is 1. The molecule has 0 radical (unpaired) electrons. The summed E-state index contributed by atoms with van der Waals surface area (Å²) >= 11 is 12.0. The van der Waals surface area contributed by atoms with E-state index in [1.807, 2.05) is 36.4 Å². The van der Waals surface area contributed by atoms with Gasteiger partial charge >= 0.3 is 5.97 Å². The highest BCUT2D eigenvalue weighted by molar-refractivity contribution is 6.35. The van der Waals surface area contributed by atoms with Gasteiger partial charge in [-0.15, -0.1) is 0 Å². The van der Waals surface area contributed by atoms with Gasteiger partial charge in [-0.1, -0.05) is 47.5 Å². The minimum absolute atomic E-state index is 0.416. The molecule has 0 aliphatic carbocycles. The van der Waals surface area contributed by atoms with Gasteiger partial charge in [-0.2, -0.15) is 0 Å². The Kier molecular flexibility index (Phi) is 5.23. The van der Waals surface area contributed by atoms with Crippen LogP contribution in [-0.2, 0) is 16.0 Å². The second-order valence-electron chi connectivity index (χ2n) is 4.69. The monoisotopic (exact) mass is 323 g/mol. The Hall–Kier alpha value is -1.55. The predicted molar refractivity (Wildman–Crippen MR) is 85.6 cm³/mol. The van der Waals surface area contributed by atoms with Crippen molar-refractivity contribution in [3.8, 4) is 11.1 Å². The fraction of sp³-hybridized carbons (Fsp3) is 0.188. The molecule has 110 valence electrons. The maximum atomic E-state index is 11.3. The molecule has 21 heavy (non-hydrogen) atoms. The first-order valence-corrected chi connectivity index (χ1v) is 7.14. The van der Waals surface area contributed by atoms with Gasteiger partial charge in [0.2, 0.25) is 0 Å². The van der Waals surface area contributed by atoms with Crippen LogP contribution in [0.25, 0.3) is 11.1 Å². The topological polar surface area (TPSA) is 52.3 Å². The number of rotatable bonds is 4. The van der Waals surface area contributed by atoms with Crippen LogP contribution in [0.15, 0.2) is 42.5 Å². The van der Waals surface area contributed by atoms with Crippen LogP contribution in [0.5, 0.6) is 0 Å². The van der Waals surface area contributed by atoms with E-state index in [1.54, 1.807) is 6.07 Å². The number of ether oxygens (including phenoxy) is 1. The summed E-state index contributed by atoms with van der Waals surface area (Å²) in [5.74, 6) is -0.416. The number of benzene rings is 2. The van der Waals surface area contributed by atoms with Gasteiger partial charge in [0.25, 0.3) is 0 Å². The van der Waals surface area contributed by atoms with E-state index in [9.17, 15) is 4.79 Å². The van der Waals surface area contributed by atoms with Crippen molar-refractivity contribution in [3.63, 3.8) is 0 Å². The molecule has 2 rings (SSSR count). The normalized spacial score (nSPS) is 12.0. The zero-order valence-electron chi connectivity index (χ0n) is 11.5. The maximum absolute atomic E-state index is 11.3. The number of hydrogen-bond acceptors (Lipinski definition) is 3. The van der Waals surface area contributed by atoms with Gasteiger partial charge < -0.3 is 10.5 Å². The maximum Gasteiger partial charge on any atom is 0.322 e. The fourth-order valence-electron chi connectivity index (χ4n) is 2.04. The van der Waals surface area contributed by atoms with Crippen molar-refractivity contribution in [3.05, 3.63) is 58.1 Å². The summed E-state index contributed by atoms with van der Waals surface area (Å²) in [6.07, 6.45) is 0.434. The molecule has 3 nitrogen and oxygen atoms in total. The van der Waals surface area contributed by atoms with Crippen molar-refractivity contribution in [2.24, 2.45) is 5.73 Å². The van der Waals surface area contributed by atoms with E-state index >= 15 is 0 Å². The molecule has 0 amide bonds. The minimum atomic E-state index is -0.651. The molecular weight excluding hydrogens is 309 g/mol. The molecule has 5 heteroatoms. The number of esters is 1. The van der Waals surface area contributed by atoms with Crippen LogP contribution in [0.3, 0.4) is 0 Å². The fourth-order valence-corrected chi connectivity index (χ4v) is 2.57. The Morgan fingerprint density at radius 1 is 1.10 bits per heavy atom. The van der Waals surface area contributed by atoms with E-state index in [1.165, 1.54) is 7.11 Å². The van der Waals surface area contributed by atoms with Crippen molar-refractivity contribution >= 4 is 29.2 Å². The Labute approximate surface area is 133 Å². The average molecular weight is 324 g/mol. The Bertz CT molecular complexity index is 621. The van der Waals surface area contributed by atoms with Crippen molar-refractivity contribution < 1.29 is 9.53 Å². The van der Waals surface area contributed by atoms with Crippen LogP contribution in [0.1, 0.15) is 5.56 Å². The second kappa shape index (κ2) is 6.94. The molecule has 0 aliphatic rings. The van der Waals surface area contributed by atoms with E-state index in [2.05, 4.69) is 4.74 Å². The smallest absolute Gasteiger partial charge is 0.322 e. The van der Waals surface area contributed by atoms with E-state index in [-0.39, 0.29) is 0 Å². The first-order chi connectivity index (χ1) is 9.99. The molecule has 2 aromatic carbocycles. The SMILES string of the molecule is COC(=O)[C@@H](N)Cc1ccc(-c2cc(Cl)cc(Cl)c2)cc1. The highest BCUT2D eigenvalue weighted by Gasteiger charge is 2.14. The summed E-state index contributed by atoms with van der Waals surface area (Å²) in [6, 6.07) is 12.5. The lowest BCUT2D eigenvalue weighted by atomic mass is 10.0. The van der Waals surface area contributed by atoms with E-state index in [4.69, 9.17) is 28.9 Å². The summed E-state index contributed by atoms with van der Waals surface area (Å²) in [4.78, 5) is 11.3. The van der Waals surface area contributed by atoms with E-state index in [0.29, 0.717) is 16.5 Å². The van der Waals surface area contributed by atoms with Crippen molar-refractivity contribution in [2.45, 2.75) is 12.5 Å². The first-order valence-electron chi connectivity index (χ1n) is 6.38. The Morgan fingerprint density at radius 3 is 2.19 bits per heavy atom. The van der Waals surface area contributed by atoms with Gasteiger partial charge in [0.15, 0.2) is 0 Å². The van der Waals surface area contributed by atoms with Crippen LogP contribution >= 0.6 is 23.2 Å². The van der Waals surface area contributed by atoms with Crippen molar-refractivity contribution in [2.75, 3.05) is 7.11 Å². The van der Waals surface area contributed by atoms with Crippen LogP contribution in [0.4, 0.5) is 0 Å². The molecular formula is C16H15Cl2NO2. The third kappa shape index (κ3) is 4.21. The zero-order chi connectivity index (χ0) is 15.4. The molecule has 2 aromatic rings. The molecule has 2 N–H and O–H groups in total. The third-order valence-corrected chi connectivity index (χ3v) is 3.55. The van der Waals surface area contributed by atoms with Gasteiger partial charge in [-0.3, -0.25) is 4.79 Å². The van der Waals surface area contributed by atoms with Gasteiger partial charge in [0.1, 0.15) is 6.04 Å². The lowest BCUT2D eigenvalue weighted by molar-refractivity contribution is -0.142. The molecule has 0 saturated heterocycles. The molecule has 0 aliphatic heterocycles. The Balaban J connectivity index is 2.17. The number of methoxy groups -OCH3 is 1. The van der Waals surface area contributed by atoms with E-state index < -0.39 is 12.0 Å². The quantitative estimate of drug-likeness (QED) is 0.873. The molecule has 0 aromatic heterocycles. The standard InChI is InChI=1S/C16H15Cl2NO2/c1-21-16(20)15(19)6-10-2-4-11(5-3-10)12-7-13(17)9-14(18)8-12/h2-5,7-9,15H,6,19H2,1H3/t15-/m0/s1. The highest BCUT2D eigenvalue weighted by Crippen LogP contribution is 2.27. The number of carbonyl (C=O) groups excluding carboxylic acids is 1. The van der Waals surface area contributed by atoms with Gasteiger partial charge in [-0.05, 0) is 41.3 Å². The number of carbonyl (C=O) groups is 1. The summed E-state index contributed by atoms with van der Waals surface area (Å²) in [5, 5.41) is 1.18. The number of hydrogen-bond donors (Lipinski definition) is 1. The molecule has 0 bridgehead atoms. The summed E-state index contributed by atoms with van der Waals surface area (Å²) in [6.45, 7) is 0. The molecule has 0 spiro atoms. The van der Waals surface area contributed by atoms with Gasteiger partial charge in [-0.25, -0.2) is 0 Å². The highest BCUT2D eigenvalue weighted by atomic mass is 35.5. The Morgan fingerprint density at radius 2 is 1.67 bits per heavy atom. The van der Waals surface area contributed by atoms with E-state index in [0.717, 1.165) is 16.7 Å². The summed E-state index contributed by atoms with van der Waals surface area (Å²) < 4.78 is 4.61. The van der Waals surface area contributed by atoms with Crippen LogP contribution in [0, 0.1) is 0 Å². The third-order valence-electron chi connectivity index (χ3n) is 3.11. The molecule has 0 fully saturated rings. The lowest BCUT2D eigenvalue weighted by Gasteiger charge is -2.10. The predicted octanol–water partition coefficient (Wildman–Crippen LogP) is 3.70. The van der Waals surface area contributed by atoms with Crippen molar-refractivity contribution in [1.82, 2.24) is 0 Å². The number of halogens is 2.